The third kappa shape index (κ3) is 6.18. The van der Waals surface area contributed by atoms with Gasteiger partial charge in [-0.05, 0) is 65.8 Å². The summed E-state index contributed by atoms with van der Waals surface area (Å²) in [6.45, 7) is 0. The van der Waals surface area contributed by atoms with Gasteiger partial charge in [-0.2, -0.15) is 0 Å². The Balaban J connectivity index is 1.60. The Morgan fingerprint density at radius 2 is 1.52 bits per heavy atom. The van der Waals surface area contributed by atoms with Crippen LogP contribution in [0.25, 0.3) is 12.2 Å². The van der Waals surface area contributed by atoms with Crippen LogP contribution in [-0.2, 0) is 4.79 Å². The molecule has 0 radical (unpaired) electrons. The van der Waals surface area contributed by atoms with Gasteiger partial charge >= 0.3 is 5.97 Å². The van der Waals surface area contributed by atoms with Gasteiger partial charge in [0.15, 0.2) is 5.78 Å². The number of benzene rings is 3. The van der Waals surface area contributed by atoms with Gasteiger partial charge in [0.25, 0.3) is 0 Å². The predicted molar refractivity (Wildman–Crippen MR) is 117 cm³/mol. The topological polar surface area (TPSA) is 43.4 Å². The van der Waals surface area contributed by atoms with Gasteiger partial charge in [0.1, 0.15) is 5.75 Å². The van der Waals surface area contributed by atoms with Crippen LogP contribution in [0.1, 0.15) is 21.5 Å². The van der Waals surface area contributed by atoms with Crippen molar-refractivity contribution in [2.45, 2.75) is 0 Å². The van der Waals surface area contributed by atoms with Gasteiger partial charge in [-0.15, -0.1) is 0 Å². The van der Waals surface area contributed by atoms with E-state index in [4.69, 9.17) is 27.9 Å². The number of carbonyl (C=O) groups is 2. The molecule has 0 N–H and O–H groups in total. The molecule has 0 saturated carbocycles. The van der Waals surface area contributed by atoms with Crippen LogP contribution in [0.2, 0.25) is 10.0 Å². The molecule has 0 atom stereocenters. The minimum absolute atomic E-state index is 0.196. The van der Waals surface area contributed by atoms with Gasteiger partial charge in [-0.1, -0.05) is 59.6 Å². The smallest absolute Gasteiger partial charge is 0.336 e. The number of halogens is 2. The summed E-state index contributed by atoms with van der Waals surface area (Å²) >= 11 is 12.0. The molecule has 3 aromatic rings. The summed E-state index contributed by atoms with van der Waals surface area (Å²) in [5.41, 5.74) is 2.06. The second-order valence-electron chi connectivity index (χ2n) is 6.05. The first-order chi connectivity index (χ1) is 14.0. The van der Waals surface area contributed by atoms with Gasteiger partial charge in [-0.3, -0.25) is 4.79 Å². The summed E-state index contributed by atoms with van der Waals surface area (Å²) in [7, 11) is 0. The molecule has 0 unspecified atom stereocenters. The van der Waals surface area contributed by atoms with E-state index in [1.54, 1.807) is 54.6 Å². The maximum atomic E-state index is 12.3. The van der Waals surface area contributed by atoms with Gasteiger partial charge in [-0.25, -0.2) is 4.79 Å². The fraction of sp³-hybridized carbons (Fsp3) is 0. The van der Waals surface area contributed by atoms with E-state index < -0.39 is 5.97 Å². The number of esters is 1. The summed E-state index contributed by atoms with van der Waals surface area (Å²) in [4.78, 5) is 24.2. The number of allylic oxidation sites excluding steroid dienone is 1. The van der Waals surface area contributed by atoms with Crippen LogP contribution < -0.4 is 4.74 Å². The molecule has 0 aromatic heterocycles. The highest BCUT2D eigenvalue weighted by atomic mass is 35.5. The fourth-order valence-electron chi connectivity index (χ4n) is 2.46. The minimum atomic E-state index is -0.495. The molecule has 0 amide bonds. The van der Waals surface area contributed by atoms with E-state index in [1.165, 1.54) is 12.2 Å². The highest BCUT2D eigenvalue weighted by Gasteiger charge is 2.05. The lowest BCUT2D eigenvalue weighted by molar-refractivity contribution is -0.128. The molecule has 3 rings (SSSR count). The summed E-state index contributed by atoms with van der Waals surface area (Å²) in [6, 6.07) is 20.8. The second-order valence-corrected chi connectivity index (χ2v) is 6.90. The summed E-state index contributed by atoms with van der Waals surface area (Å²) in [6.07, 6.45) is 6.09. The normalized spacial score (nSPS) is 11.1. The van der Waals surface area contributed by atoms with Crippen molar-refractivity contribution in [3.05, 3.63) is 112 Å². The monoisotopic (exact) mass is 422 g/mol. The summed E-state index contributed by atoms with van der Waals surface area (Å²) in [5.74, 6) is -0.336. The Bertz CT molecular complexity index is 1070. The molecule has 5 heteroatoms. The fourth-order valence-corrected chi connectivity index (χ4v) is 2.94. The highest BCUT2D eigenvalue weighted by Crippen LogP contribution is 2.22. The van der Waals surface area contributed by atoms with Crippen LogP contribution in [0, 0.1) is 0 Å². The highest BCUT2D eigenvalue weighted by molar-refractivity contribution is 6.35. The third-order valence-corrected chi connectivity index (χ3v) is 4.51. The third-order valence-electron chi connectivity index (χ3n) is 3.95. The Morgan fingerprint density at radius 3 is 2.21 bits per heavy atom. The van der Waals surface area contributed by atoms with Gasteiger partial charge in [0, 0.05) is 21.7 Å². The first-order valence-electron chi connectivity index (χ1n) is 8.74. The van der Waals surface area contributed by atoms with E-state index in [9.17, 15) is 9.59 Å². The van der Waals surface area contributed by atoms with Gasteiger partial charge < -0.3 is 4.74 Å². The molecule has 0 aliphatic heterocycles. The molecule has 144 valence electrons. The number of hydrogen-bond acceptors (Lipinski definition) is 3. The zero-order valence-electron chi connectivity index (χ0n) is 15.2. The van der Waals surface area contributed by atoms with Crippen LogP contribution in [-0.4, -0.2) is 11.8 Å². The molecule has 3 aromatic carbocycles. The first-order valence-corrected chi connectivity index (χ1v) is 9.49. The minimum Gasteiger partial charge on any atom is -0.423 e. The van der Waals surface area contributed by atoms with Gasteiger partial charge in [0.2, 0.25) is 0 Å². The Hall–Kier alpha value is -3.14. The Kier molecular flexibility index (Phi) is 7.01. The zero-order chi connectivity index (χ0) is 20.6. The van der Waals surface area contributed by atoms with E-state index in [2.05, 4.69) is 0 Å². The molecule has 0 saturated heterocycles. The van der Waals surface area contributed by atoms with E-state index >= 15 is 0 Å². The van der Waals surface area contributed by atoms with Crippen molar-refractivity contribution in [3.8, 4) is 5.75 Å². The van der Waals surface area contributed by atoms with Crippen molar-refractivity contribution in [1.82, 2.24) is 0 Å². The maximum absolute atomic E-state index is 12.3. The number of ether oxygens (including phenoxy) is 1. The van der Waals surface area contributed by atoms with Crippen LogP contribution in [0.5, 0.6) is 5.75 Å². The van der Waals surface area contributed by atoms with Crippen LogP contribution >= 0.6 is 23.2 Å². The van der Waals surface area contributed by atoms with E-state index in [0.717, 1.165) is 5.56 Å². The second kappa shape index (κ2) is 9.87. The molecular formula is C24H16Cl2O3. The number of hydrogen-bond donors (Lipinski definition) is 0. The predicted octanol–water partition coefficient (Wildman–Crippen LogP) is 6.51. The largest absolute Gasteiger partial charge is 0.423 e. The lowest BCUT2D eigenvalue weighted by Crippen LogP contribution is -2.04. The van der Waals surface area contributed by atoms with Crippen LogP contribution in [0.3, 0.4) is 0 Å². The van der Waals surface area contributed by atoms with Crippen molar-refractivity contribution in [3.63, 3.8) is 0 Å². The molecule has 29 heavy (non-hydrogen) atoms. The Morgan fingerprint density at radius 1 is 0.793 bits per heavy atom. The summed E-state index contributed by atoms with van der Waals surface area (Å²) in [5, 5.41) is 0.995. The quantitative estimate of drug-likeness (QED) is 0.197. The number of rotatable bonds is 6. The van der Waals surface area contributed by atoms with Gasteiger partial charge in [0.05, 0.1) is 0 Å². The lowest BCUT2D eigenvalue weighted by Gasteiger charge is -2.03. The molecule has 0 aliphatic rings. The lowest BCUT2D eigenvalue weighted by atomic mass is 10.1. The SMILES string of the molecule is O=C(/C=C/c1ccccc1)Oc1ccc(C(=O)/C=C/c2ccc(Cl)cc2Cl)cc1. The molecule has 0 heterocycles. The average Bonchev–Trinajstić information content (AvgIpc) is 2.73. The van der Waals surface area contributed by atoms with E-state index in [1.807, 2.05) is 30.3 Å². The zero-order valence-corrected chi connectivity index (χ0v) is 16.7. The average molecular weight is 423 g/mol. The molecule has 0 bridgehead atoms. The van der Waals surface area contributed by atoms with Crippen molar-refractivity contribution < 1.29 is 14.3 Å². The first kappa shape index (κ1) is 20.6. The molecular weight excluding hydrogens is 407 g/mol. The molecule has 0 aliphatic carbocycles. The van der Waals surface area contributed by atoms with Crippen LogP contribution in [0.4, 0.5) is 0 Å². The van der Waals surface area contributed by atoms with Crippen molar-refractivity contribution >= 4 is 47.1 Å². The summed E-state index contributed by atoms with van der Waals surface area (Å²) < 4.78 is 5.24. The van der Waals surface area contributed by atoms with Crippen molar-refractivity contribution in [1.29, 1.82) is 0 Å². The van der Waals surface area contributed by atoms with Crippen molar-refractivity contribution in [2.75, 3.05) is 0 Å². The molecule has 3 nitrogen and oxygen atoms in total. The standard InChI is InChI=1S/C24H16Cl2O3/c25-20-11-7-18(22(26)16-20)10-14-23(27)19-8-12-21(13-9-19)29-24(28)15-6-17-4-2-1-3-5-17/h1-16H/b14-10+,15-6+. The van der Waals surface area contributed by atoms with Crippen LogP contribution in [0.15, 0.2) is 84.9 Å². The number of carbonyl (C=O) groups excluding carboxylic acids is 2. The molecule has 0 fully saturated rings. The molecule has 0 spiro atoms. The van der Waals surface area contributed by atoms with E-state index in [0.29, 0.717) is 26.9 Å². The maximum Gasteiger partial charge on any atom is 0.336 e. The van der Waals surface area contributed by atoms with E-state index in [-0.39, 0.29) is 5.78 Å². The Labute approximate surface area is 178 Å². The number of ketones is 1. The van der Waals surface area contributed by atoms with Crippen molar-refractivity contribution in [2.24, 2.45) is 0 Å².